The molecule has 0 spiro atoms. The van der Waals surface area contributed by atoms with E-state index in [2.05, 4.69) is 126 Å². The third-order valence-electron chi connectivity index (χ3n) is 8.60. The minimum Gasteiger partial charge on any atom is -1.00 e. The van der Waals surface area contributed by atoms with Gasteiger partial charge in [-0.15, -0.1) is 6.92 Å². The number of unbranched alkanes of at least 4 members (excludes halogenated alkanes) is 2. The molecule has 0 saturated carbocycles. The molecular weight excluding hydrogens is 603 g/mol. The van der Waals surface area contributed by atoms with Crippen molar-refractivity contribution >= 4 is 23.6 Å². The minimum absolute atomic E-state index is 0. The van der Waals surface area contributed by atoms with E-state index in [0.29, 0.717) is 0 Å². The first-order valence-electron chi connectivity index (χ1n) is 13.9. The summed E-state index contributed by atoms with van der Waals surface area (Å²) in [4.78, 5) is 0. The van der Waals surface area contributed by atoms with Crippen molar-refractivity contribution in [3.8, 4) is 0 Å². The van der Waals surface area contributed by atoms with E-state index in [1.165, 1.54) is 69.1 Å². The Morgan fingerprint density at radius 3 is 1.43 bits per heavy atom. The Hall–Kier alpha value is -1.06. The van der Waals surface area contributed by atoms with E-state index in [9.17, 15) is 0 Å². The largest absolute Gasteiger partial charge is 4.00 e. The van der Waals surface area contributed by atoms with Crippen molar-refractivity contribution in [3.05, 3.63) is 113 Å². The zero-order valence-electron chi connectivity index (χ0n) is 24.9. The van der Waals surface area contributed by atoms with E-state index >= 15 is 0 Å². The molecule has 5 heteroatoms. The van der Waals surface area contributed by atoms with Gasteiger partial charge in [-0.25, -0.2) is 5.57 Å². The van der Waals surface area contributed by atoms with Gasteiger partial charge in [0.15, 0.2) is 0 Å². The van der Waals surface area contributed by atoms with Crippen LogP contribution in [0.1, 0.15) is 78.4 Å². The van der Waals surface area contributed by atoms with E-state index < -0.39 is 8.07 Å². The Bertz CT molecular complexity index is 1190. The van der Waals surface area contributed by atoms with Gasteiger partial charge in [0.05, 0.1) is 0 Å². The van der Waals surface area contributed by atoms with Gasteiger partial charge in [0, 0.05) is 0 Å². The Balaban J connectivity index is 0.00000380. The fourth-order valence-electron chi connectivity index (χ4n) is 6.37. The van der Waals surface area contributed by atoms with Crippen molar-refractivity contribution in [1.82, 2.24) is 0 Å². The molecule has 0 N–H and O–H groups in total. The summed E-state index contributed by atoms with van der Waals surface area (Å²) < 4.78 is 0. The predicted molar refractivity (Wildman–Crippen MR) is 160 cm³/mol. The van der Waals surface area contributed by atoms with Crippen molar-refractivity contribution in [2.24, 2.45) is 0 Å². The molecule has 1 aliphatic carbocycles. The molecule has 3 aromatic carbocycles. The van der Waals surface area contributed by atoms with Crippen molar-refractivity contribution in [3.63, 3.8) is 0 Å². The molecule has 1 unspecified atom stereocenters. The standard InChI is InChI=1S/C35H43Si.3ClH.Ti/c1-7-9-17-30-23-31(18-10-8-2)25-34(24-30)36(32-19-13-11-14-20-32,33-21-15-12-16-22-33)35(6)26-27(3)28(4)29(35)5;;;;/h11-16,19-25H,7-10,17-18H2,1-6H3;3*1H;/q-1;;;;+4/p-3. The van der Waals surface area contributed by atoms with E-state index in [4.69, 9.17) is 0 Å². The molecule has 0 radical (unpaired) electrons. The van der Waals surface area contributed by atoms with Crippen LogP contribution in [0.5, 0.6) is 0 Å². The summed E-state index contributed by atoms with van der Waals surface area (Å²) in [5.74, 6) is 0. The number of benzene rings is 3. The number of hydrogen-bond acceptors (Lipinski definition) is 0. The molecule has 1 aliphatic rings. The number of rotatable bonds is 10. The molecule has 0 aliphatic heterocycles. The Morgan fingerprint density at radius 1 is 0.650 bits per heavy atom. The molecule has 0 bridgehead atoms. The molecule has 0 fully saturated rings. The van der Waals surface area contributed by atoms with Crippen molar-refractivity contribution in [2.45, 2.75) is 85.1 Å². The maximum atomic E-state index is 4.10. The zero-order chi connectivity index (χ0) is 25.8. The molecule has 212 valence electrons. The zero-order valence-corrected chi connectivity index (χ0v) is 29.7. The molecule has 0 heterocycles. The van der Waals surface area contributed by atoms with Gasteiger partial charge in [-0.3, -0.25) is 6.08 Å². The third kappa shape index (κ3) is 7.28. The fourth-order valence-corrected chi connectivity index (χ4v) is 12.4. The molecular formula is C35H43Cl3SiTi. The van der Waals surface area contributed by atoms with Gasteiger partial charge in [-0.1, -0.05) is 131 Å². The number of halogens is 3. The Kier molecular flexibility index (Phi) is 16.7. The smallest absolute Gasteiger partial charge is 1.00 e. The summed E-state index contributed by atoms with van der Waals surface area (Å²) in [6.45, 7) is 14.0. The normalized spacial score (nSPS) is 16.2. The number of aryl methyl sites for hydroxylation is 2. The monoisotopic (exact) mass is 644 g/mol. The predicted octanol–water partition coefficient (Wildman–Crippen LogP) is -1.29. The van der Waals surface area contributed by atoms with Gasteiger partial charge in [0.25, 0.3) is 0 Å². The van der Waals surface area contributed by atoms with Crippen LogP contribution in [0.25, 0.3) is 0 Å². The van der Waals surface area contributed by atoms with E-state index in [1.807, 2.05) is 0 Å². The molecule has 0 nitrogen and oxygen atoms in total. The van der Waals surface area contributed by atoms with Crippen molar-refractivity contribution in [2.75, 3.05) is 0 Å². The van der Waals surface area contributed by atoms with Crippen LogP contribution in [-0.2, 0) is 34.6 Å². The molecule has 3 aromatic rings. The average molecular weight is 646 g/mol. The fraction of sp³-hybridized carbons (Fsp3) is 0.371. The van der Waals surface area contributed by atoms with Gasteiger partial charge in [-0.2, -0.15) is 11.1 Å². The summed E-state index contributed by atoms with van der Waals surface area (Å²) >= 11 is 0. The summed E-state index contributed by atoms with van der Waals surface area (Å²) in [7, 11) is -2.59. The van der Waals surface area contributed by atoms with Gasteiger partial charge < -0.3 is 37.2 Å². The second-order valence-corrected chi connectivity index (χ2v) is 15.1. The van der Waals surface area contributed by atoms with Crippen LogP contribution in [0.15, 0.2) is 95.6 Å². The average Bonchev–Trinajstić information content (AvgIpc) is 3.10. The number of allylic oxidation sites excluding steroid dienone is 4. The van der Waals surface area contributed by atoms with Crippen molar-refractivity contribution in [1.29, 1.82) is 0 Å². The first kappa shape index (κ1) is 38.9. The maximum Gasteiger partial charge on any atom is 4.00 e. The van der Waals surface area contributed by atoms with E-state index in [1.54, 1.807) is 0 Å². The van der Waals surface area contributed by atoms with Crippen LogP contribution in [0.4, 0.5) is 0 Å². The van der Waals surface area contributed by atoms with Gasteiger partial charge in [0.2, 0.25) is 0 Å². The second kappa shape index (κ2) is 17.2. The summed E-state index contributed by atoms with van der Waals surface area (Å²) in [5, 5.41) is 4.32. The van der Waals surface area contributed by atoms with Crippen LogP contribution >= 0.6 is 0 Å². The molecule has 1 atom stereocenters. The topological polar surface area (TPSA) is 0 Å². The van der Waals surface area contributed by atoms with Gasteiger partial charge in [0.1, 0.15) is 8.07 Å². The quantitative estimate of drug-likeness (QED) is 0.146. The molecule has 0 saturated heterocycles. The van der Waals surface area contributed by atoms with Gasteiger partial charge >= 0.3 is 21.7 Å². The third-order valence-corrected chi connectivity index (χ3v) is 14.2. The van der Waals surface area contributed by atoms with Gasteiger partial charge in [-0.05, 0) is 52.4 Å². The van der Waals surface area contributed by atoms with Crippen LogP contribution < -0.4 is 52.8 Å². The summed E-state index contributed by atoms with van der Waals surface area (Å²) in [6, 6.07) is 30.5. The first-order valence-corrected chi connectivity index (χ1v) is 15.9. The van der Waals surface area contributed by atoms with Crippen LogP contribution in [0, 0.1) is 6.08 Å². The first-order chi connectivity index (χ1) is 17.4. The molecule has 40 heavy (non-hydrogen) atoms. The Labute approximate surface area is 278 Å². The minimum atomic E-state index is -2.59. The maximum absolute atomic E-state index is 4.10. The molecule has 0 amide bonds. The van der Waals surface area contributed by atoms with Crippen LogP contribution in [0.3, 0.4) is 0 Å². The second-order valence-electron chi connectivity index (χ2n) is 10.9. The Morgan fingerprint density at radius 2 is 1.07 bits per heavy atom. The molecule has 4 rings (SSSR count). The van der Waals surface area contributed by atoms with Crippen molar-refractivity contribution < 1.29 is 58.9 Å². The van der Waals surface area contributed by atoms with Crippen LogP contribution in [-0.4, -0.2) is 8.07 Å². The molecule has 0 aromatic heterocycles. The van der Waals surface area contributed by atoms with Crippen LogP contribution in [0.2, 0.25) is 5.04 Å². The SMILES string of the molecule is CCCCc1cc(CCCC)cc([Si](c2ccccc2)(c2ccccc2)C2(C)[C-]=C(C)C(C)=C2C)c1.[Cl-].[Cl-].[Cl-].[Ti+4]. The van der Waals surface area contributed by atoms with E-state index in [-0.39, 0.29) is 64.0 Å². The van der Waals surface area contributed by atoms with E-state index in [0.717, 1.165) is 12.8 Å². The number of hydrogen-bond donors (Lipinski definition) is 0. The summed E-state index contributed by atoms with van der Waals surface area (Å²) in [5.41, 5.74) is 7.21. The summed E-state index contributed by atoms with van der Waals surface area (Å²) in [6.07, 6.45) is 11.3.